The molecule has 0 N–H and O–H groups in total. The maximum Gasteiger partial charge on any atom is 0.263 e. The van der Waals surface area contributed by atoms with Crippen molar-refractivity contribution in [3.05, 3.63) is 81.6 Å². The largest absolute Gasteiger partial charge is 0.337 e. The van der Waals surface area contributed by atoms with Crippen molar-refractivity contribution in [2.24, 2.45) is 0 Å². The lowest BCUT2D eigenvalue weighted by atomic mass is 9.68. The predicted molar refractivity (Wildman–Crippen MR) is 103 cm³/mol. The Morgan fingerprint density at radius 2 is 2.00 bits per heavy atom. The summed E-state index contributed by atoms with van der Waals surface area (Å²) in [6.45, 7) is 0.0916. The minimum Gasteiger partial charge on any atom is -0.337 e. The molecule has 1 aliphatic carbocycles. The molecule has 7 nitrogen and oxygen atoms in total. The lowest BCUT2D eigenvalue weighted by Crippen LogP contribution is -2.36. The van der Waals surface area contributed by atoms with E-state index in [1.54, 1.807) is 42.6 Å². The molecule has 1 aromatic carbocycles. The molecule has 0 atom stereocenters. The van der Waals surface area contributed by atoms with Crippen LogP contribution in [0, 0.1) is 0 Å². The zero-order valence-corrected chi connectivity index (χ0v) is 15.9. The molecule has 3 heterocycles. The molecule has 3 aromatic heterocycles. The molecule has 0 amide bonds. The topological polar surface area (TPSA) is 86.7 Å². The Bertz CT molecular complexity index is 1250. The average molecular weight is 412 g/mol. The van der Waals surface area contributed by atoms with Gasteiger partial charge in [-0.05, 0) is 42.7 Å². The lowest BCUT2D eigenvalue weighted by molar-refractivity contribution is 0.0336. The molecule has 4 aromatic rings. The number of nitrogens with zero attached hydrogens (tertiary/aromatic N) is 5. The monoisotopic (exact) mass is 411 g/mol. The van der Waals surface area contributed by atoms with Gasteiger partial charge in [0.2, 0.25) is 5.89 Å². The molecule has 0 saturated heterocycles. The van der Waals surface area contributed by atoms with Crippen LogP contribution in [0.2, 0.25) is 5.02 Å². The maximum atomic E-state index is 15.1. The van der Waals surface area contributed by atoms with Crippen LogP contribution in [0.4, 0.5) is 4.39 Å². The summed E-state index contributed by atoms with van der Waals surface area (Å²) in [5.74, 6) is 0.588. The summed E-state index contributed by atoms with van der Waals surface area (Å²) in [6, 6.07) is 10.1. The highest BCUT2D eigenvalue weighted by molar-refractivity contribution is 6.30. The highest BCUT2D eigenvalue weighted by Crippen LogP contribution is 2.53. The first kappa shape index (κ1) is 17.9. The van der Waals surface area contributed by atoms with Crippen LogP contribution in [-0.2, 0) is 12.2 Å². The van der Waals surface area contributed by atoms with E-state index in [1.807, 2.05) is 0 Å². The summed E-state index contributed by atoms with van der Waals surface area (Å²) in [6.07, 6.45) is 3.53. The van der Waals surface area contributed by atoms with Crippen molar-refractivity contribution in [3.63, 3.8) is 0 Å². The van der Waals surface area contributed by atoms with E-state index in [4.69, 9.17) is 16.1 Å². The van der Waals surface area contributed by atoms with Crippen molar-refractivity contribution in [2.45, 2.75) is 31.0 Å². The maximum absolute atomic E-state index is 15.1. The van der Waals surface area contributed by atoms with Gasteiger partial charge in [-0.1, -0.05) is 28.9 Å². The second kappa shape index (κ2) is 6.73. The SMILES string of the molecule is O=c1c2cccnc2ncn1Cc1nc(C2CC(F)(c3ccc(Cl)cc3)C2)no1. The quantitative estimate of drug-likeness (QED) is 0.509. The number of alkyl halides is 1. The van der Waals surface area contributed by atoms with Gasteiger partial charge in [0.15, 0.2) is 11.5 Å². The highest BCUT2D eigenvalue weighted by Gasteiger charge is 2.48. The number of aromatic nitrogens is 5. The highest BCUT2D eigenvalue weighted by atomic mass is 35.5. The van der Waals surface area contributed by atoms with E-state index >= 15 is 4.39 Å². The number of fused-ring (bicyclic) bond motifs is 1. The minimum atomic E-state index is -1.41. The van der Waals surface area contributed by atoms with Crippen molar-refractivity contribution >= 4 is 22.6 Å². The first-order valence-corrected chi connectivity index (χ1v) is 9.47. The van der Waals surface area contributed by atoms with Crippen molar-refractivity contribution in [1.82, 2.24) is 24.7 Å². The van der Waals surface area contributed by atoms with E-state index in [0.717, 1.165) is 0 Å². The van der Waals surface area contributed by atoms with E-state index in [9.17, 15) is 4.79 Å². The summed E-state index contributed by atoms with van der Waals surface area (Å²) >= 11 is 5.87. The van der Waals surface area contributed by atoms with E-state index < -0.39 is 5.67 Å². The molecule has 0 aliphatic heterocycles. The Kier molecular flexibility index (Phi) is 4.16. The Hall–Kier alpha value is -3.13. The van der Waals surface area contributed by atoms with Crippen LogP contribution in [0.5, 0.6) is 0 Å². The van der Waals surface area contributed by atoms with Crippen LogP contribution in [0.25, 0.3) is 11.0 Å². The third kappa shape index (κ3) is 3.19. The molecular weight excluding hydrogens is 397 g/mol. The van der Waals surface area contributed by atoms with E-state index in [0.29, 0.717) is 27.4 Å². The molecule has 5 rings (SSSR count). The zero-order chi connectivity index (χ0) is 20.0. The molecule has 0 bridgehead atoms. The van der Waals surface area contributed by atoms with Crippen molar-refractivity contribution in [2.75, 3.05) is 0 Å². The summed E-state index contributed by atoms with van der Waals surface area (Å²) in [5, 5.41) is 4.97. The second-order valence-electron chi connectivity index (χ2n) is 7.18. The Balaban J connectivity index is 1.32. The molecule has 0 radical (unpaired) electrons. The van der Waals surface area contributed by atoms with Gasteiger partial charge in [-0.3, -0.25) is 9.36 Å². The fourth-order valence-electron chi connectivity index (χ4n) is 3.64. The van der Waals surface area contributed by atoms with Gasteiger partial charge in [0.05, 0.1) is 5.39 Å². The number of benzene rings is 1. The van der Waals surface area contributed by atoms with Crippen LogP contribution in [0.1, 0.15) is 36.0 Å². The lowest BCUT2D eigenvalue weighted by Gasteiger charge is -2.40. The van der Waals surface area contributed by atoms with Gasteiger partial charge in [-0.15, -0.1) is 0 Å². The molecule has 0 spiro atoms. The second-order valence-corrected chi connectivity index (χ2v) is 7.61. The molecule has 146 valence electrons. The molecule has 9 heteroatoms. The third-order valence-electron chi connectivity index (χ3n) is 5.25. The van der Waals surface area contributed by atoms with Gasteiger partial charge in [0.25, 0.3) is 5.56 Å². The average Bonchev–Trinajstić information content (AvgIpc) is 3.16. The third-order valence-corrected chi connectivity index (χ3v) is 5.51. The van der Waals surface area contributed by atoms with Crippen LogP contribution in [0.3, 0.4) is 0 Å². The summed E-state index contributed by atoms with van der Waals surface area (Å²) in [7, 11) is 0. The summed E-state index contributed by atoms with van der Waals surface area (Å²) in [4.78, 5) is 25.1. The van der Waals surface area contributed by atoms with E-state index in [2.05, 4.69) is 20.1 Å². The van der Waals surface area contributed by atoms with Gasteiger partial charge < -0.3 is 4.52 Å². The normalized spacial score (nSPS) is 21.2. The fraction of sp³-hybridized carbons (Fsp3) is 0.250. The van der Waals surface area contributed by atoms with Crippen LogP contribution < -0.4 is 5.56 Å². The molecule has 0 unspecified atom stereocenters. The van der Waals surface area contributed by atoms with Crippen LogP contribution in [0.15, 0.2) is 58.2 Å². The number of rotatable bonds is 4. The first-order valence-electron chi connectivity index (χ1n) is 9.09. The fourth-order valence-corrected chi connectivity index (χ4v) is 3.77. The molecule has 29 heavy (non-hydrogen) atoms. The van der Waals surface area contributed by atoms with Crippen molar-refractivity contribution in [3.8, 4) is 0 Å². The zero-order valence-electron chi connectivity index (χ0n) is 15.1. The van der Waals surface area contributed by atoms with Crippen molar-refractivity contribution in [1.29, 1.82) is 0 Å². The van der Waals surface area contributed by atoms with Crippen LogP contribution >= 0.6 is 11.6 Å². The van der Waals surface area contributed by atoms with Gasteiger partial charge >= 0.3 is 0 Å². The Morgan fingerprint density at radius 3 is 2.79 bits per heavy atom. The van der Waals surface area contributed by atoms with Gasteiger partial charge in [-0.2, -0.15) is 4.98 Å². The van der Waals surface area contributed by atoms with Gasteiger partial charge in [0, 0.05) is 17.1 Å². The summed E-state index contributed by atoms with van der Waals surface area (Å²) < 4.78 is 21.7. The first-order chi connectivity index (χ1) is 14.0. The predicted octanol–water partition coefficient (Wildman–Crippen LogP) is 3.62. The van der Waals surface area contributed by atoms with Gasteiger partial charge in [-0.25, -0.2) is 14.4 Å². The van der Waals surface area contributed by atoms with Gasteiger partial charge in [0.1, 0.15) is 18.5 Å². The Morgan fingerprint density at radius 1 is 1.21 bits per heavy atom. The summed E-state index contributed by atoms with van der Waals surface area (Å²) in [5.41, 5.74) is -0.667. The van der Waals surface area contributed by atoms with Crippen molar-refractivity contribution < 1.29 is 8.91 Å². The van der Waals surface area contributed by atoms with E-state index in [1.165, 1.54) is 10.9 Å². The smallest absolute Gasteiger partial charge is 0.263 e. The molecule has 1 fully saturated rings. The Labute approximate surface area is 169 Å². The number of hydrogen-bond donors (Lipinski definition) is 0. The molecular formula is C20H15ClFN5O2. The standard InChI is InChI=1S/C20H15ClFN5O2/c21-14-5-3-13(4-6-14)20(22)8-12(9-20)17-25-16(29-26-17)10-27-11-24-18-15(19(27)28)2-1-7-23-18/h1-7,11-12H,8-10H2. The molecule has 1 aliphatic rings. The number of hydrogen-bond acceptors (Lipinski definition) is 6. The number of halogens is 2. The van der Waals surface area contributed by atoms with E-state index in [-0.39, 0.29) is 36.8 Å². The number of pyridine rings is 1. The van der Waals surface area contributed by atoms with Crippen LogP contribution in [-0.4, -0.2) is 24.7 Å². The molecule has 1 saturated carbocycles. The minimum absolute atomic E-state index is 0.0916.